The molecule has 0 amide bonds. The van der Waals surface area contributed by atoms with Gasteiger partial charge in [0.25, 0.3) is 0 Å². The molecule has 0 aromatic heterocycles. The normalized spacial score (nSPS) is 16.5. The summed E-state index contributed by atoms with van der Waals surface area (Å²) in [5.74, 6) is 1.81. The maximum atomic E-state index is 5.42. The summed E-state index contributed by atoms with van der Waals surface area (Å²) in [7, 11) is 1.75. The minimum absolute atomic E-state index is 0.803. The summed E-state index contributed by atoms with van der Waals surface area (Å²) < 4.78 is 5.42. The summed E-state index contributed by atoms with van der Waals surface area (Å²) in [5.41, 5.74) is 2.65. The molecule has 0 spiro atoms. The lowest BCUT2D eigenvalue weighted by Crippen LogP contribution is -2.46. The minimum atomic E-state index is 0.803. The van der Waals surface area contributed by atoms with Crippen LogP contribution in [0.2, 0.25) is 0 Å². The van der Waals surface area contributed by atoms with E-state index in [-0.39, 0.29) is 0 Å². The fraction of sp³-hybridized carbons (Fsp3) is 0.667. The first-order valence-corrected chi connectivity index (χ1v) is 8.28. The first-order valence-electron chi connectivity index (χ1n) is 8.28. The van der Waals surface area contributed by atoms with Gasteiger partial charge in [0.2, 0.25) is 0 Å². The number of anilines is 1. The van der Waals surface area contributed by atoms with Crippen LogP contribution in [0.1, 0.15) is 32.8 Å². The second kappa shape index (κ2) is 7.69. The third-order valence-electron chi connectivity index (χ3n) is 4.41. The molecule has 1 aromatic carbocycles. The predicted octanol–water partition coefficient (Wildman–Crippen LogP) is 3.43. The number of benzene rings is 1. The largest absolute Gasteiger partial charge is 0.496 e. The van der Waals surface area contributed by atoms with Crippen LogP contribution in [0, 0.1) is 5.92 Å². The van der Waals surface area contributed by atoms with Gasteiger partial charge in [0.15, 0.2) is 0 Å². The van der Waals surface area contributed by atoms with E-state index in [4.69, 9.17) is 4.74 Å². The zero-order chi connectivity index (χ0) is 15.2. The summed E-state index contributed by atoms with van der Waals surface area (Å²) in [5, 5.41) is 0. The Morgan fingerprint density at radius 3 is 2.43 bits per heavy atom. The lowest BCUT2D eigenvalue weighted by molar-refractivity contribution is 0.243. The molecule has 1 saturated heterocycles. The van der Waals surface area contributed by atoms with Crippen LogP contribution in [0.15, 0.2) is 18.2 Å². The second-order valence-corrected chi connectivity index (χ2v) is 6.36. The fourth-order valence-corrected chi connectivity index (χ4v) is 2.91. The van der Waals surface area contributed by atoms with Gasteiger partial charge >= 0.3 is 0 Å². The van der Waals surface area contributed by atoms with Crippen molar-refractivity contribution in [3.8, 4) is 5.75 Å². The van der Waals surface area contributed by atoms with Crippen molar-refractivity contribution in [1.29, 1.82) is 0 Å². The van der Waals surface area contributed by atoms with E-state index in [9.17, 15) is 0 Å². The van der Waals surface area contributed by atoms with Gasteiger partial charge in [0.05, 0.1) is 7.11 Å². The van der Waals surface area contributed by atoms with Gasteiger partial charge in [-0.1, -0.05) is 20.8 Å². The summed E-state index contributed by atoms with van der Waals surface area (Å²) in [6.45, 7) is 12.7. The van der Waals surface area contributed by atoms with Gasteiger partial charge in [-0.15, -0.1) is 0 Å². The van der Waals surface area contributed by atoms with Crippen molar-refractivity contribution in [2.45, 2.75) is 33.6 Å². The molecule has 0 radical (unpaired) electrons. The number of nitrogens with zero attached hydrogens (tertiary/aromatic N) is 2. The van der Waals surface area contributed by atoms with Crippen molar-refractivity contribution < 1.29 is 4.74 Å². The first-order chi connectivity index (χ1) is 10.1. The minimum Gasteiger partial charge on any atom is -0.496 e. The molecule has 21 heavy (non-hydrogen) atoms. The van der Waals surface area contributed by atoms with Crippen LogP contribution in [0.25, 0.3) is 0 Å². The molecular weight excluding hydrogens is 260 g/mol. The van der Waals surface area contributed by atoms with E-state index in [2.05, 4.69) is 48.8 Å². The lowest BCUT2D eigenvalue weighted by Gasteiger charge is -2.36. The van der Waals surface area contributed by atoms with Crippen molar-refractivity contribution in [3.05, 3.63) is 23.8 Å². The molecule has 3 nitrogen and oxygen atoms in total. The molecule has 2 rings (SSSR count). The van der Waals surface area contributed by atoms with Crippen molar-refractivity contribution in [2.75, 3.05) is 44.7 Å². The lowest BCUT2D eigenvalue weighted by atomic mass is 10.1. The van der Waals surface area contributed by atoms with Crippen LogP contribution in [-0.2, 0) is 6.42 Å². The van der Waals surface area contributed by atoms with Crippen LogP contribution in [0.5, 0.6) is 5.75 Å². The van der Waals surface area contributed by atoms with E-state index >= 15 is 0 Å². The van der Waals surface area contributed by atoms with Crippen molar-refractivity contribution in [3.63, 3.8) is 0 Å². The Hall–Kier alpha value is -1.22. The summed E-state index contributed by atoms with van der Waals surface area (Å²) in [6.07, 6.45) is 2.33. The summed E-state index contributed by atoms with van der Waals surface area (Å²) in [4.78, 5) is 5.10. The SMILES string of the molecule is CCc1cc(N2CCN(CCC(C)C)CC2)ccc1OC. The van der Waals surface area contributed by atoms with Gasteiger partial charge in [0, 0.05) is 31.9 Å². The molecule has 118 valence electrons. The van der Waals surface area contributed by atoms with Gasteiger partial charge < -0.3 is 9.64 Å². The molecule has 1 heterocycles. The van der Waals surface area contributed by atoms with E-state index < -0.39 is 0 Å². The monoisotopic (exact) mass is 290 g/mol. The smallest absolute Gasteiger partial charge is 0.122 e. The van der Waals surface area contributed by atoms with Crippen LogP contribution < -0.4 is 9.64 Å². The standard InChI is InChI=1S/C18H30N2O/c1-5-16-14-17(6-7-18(16)21-4)20-12-10-19(11-13-20)9-8-15(2)3/h6-7,14-15H,5,8-13H2,1-4H3. The van der Waals surface area contributed by atoms with Gasteiger partial charge in [-0.3, -0.25) is 4.90 Å². The Balaban J connectivity index is 1.93. The molecule has 0 atom stereocenters. The number of rotatable bonds is 6. The Labute approximate surface area is 129 Å². The number of aryl methyl sites for hydroxylation is 1. The molecule has 1 aromatic rings. The van der Waals surface area contributed by atoms with Crippen LogP contribution in [0.3, 0.4) is 0 Å². The van der Waals surface area contributed by atoms with Crippen molar-refractivity contribution in [1.82, 2.24) is 4.90 Å². The third-order valence-corrected chi connectivity index (χ3v) is 4.41. The first kappa shape index (κ1) is 16.2. The van der Waals surface area contributed by atoms with Crippen molar-refractivity contribution in [2.24, 2.45) is 5.92 Å². The van der Waals surface area contributed by atoms with E-state index in [1.54, 1.807) is 7.11 Å². The van der Waals surface area contributed by atoms with Gasteiger partial charge in [-0.25, -0.2) is 0 Å². The van der Waals surface area contributed by atoms with Gasteiger partial charge in [0.1, 0.15) is 5.75 Å². The molecular formula is C18H30N2O. The molecule has 3 heteroatoms. The van der Waals surface area contributed by atoms with Crippen molar-refractivity contribution >= 4 is 5.69 Å². The Morgan fingerprint density at radius 1 is 1.14 bits per heavy atom. The van der Waals surface area contributed by atoms with Crippen LogP contribution >= 0.6 is 0 Å². The Kier molecular flexibility index (Phi) is 5.92. The number of ether oxygens (including phenoxy) is 1. The summed E-state index contributed by atoms with van der Waals surface area (Å²) >= 11 is 0. The predicted molar refractivity (Wildman–Crippen MR) is 90.5 cm³/mol. The number of hydrogen-bond acceptors (Lipinski definition) is 3. The maximum absolute atomic E-state index is 5.42. The van der Waals surface area contributed by atoms with Gasteiger partial charge in [-0.05, 0) is 49.1 Å². The van der Waals surface area contributed by atoms with Crippen LogP contribution in [0.4, 0.5) is 5.69 Å². The van der Waals surface area contributed by atoms with Gasteiger partial charge in [-0.2, -0.15) is 0 Å². The van der Waals surface area contributed by atoms with E-state index in [0.717, 1.165) is 31.2 Å². The quantitative estimate of drug-likeness (QED) is 0.798. The second-order valence-electron chi connectivity index (χ2n) is 6.36. The topological polar surface area (TPSA) is 15.7 Å². The number of hydrogen-bond donors (Lipinski definition) is 0. The highest BCUT2D eigenvalue weighted by Gasteiger charge is 2.17. The number of piperazine rings is 1. The van der Waals surface area contributed by atoms with E-state index in [1.807, 2.05) is 0 Å². The fourth-order valence-electron chi connectivity index (χ4n) is 2.91. The molecule has 0 unspecified atom stereocenters. The molecule has 1 fully saturated rings. The average Bonchev–Trinajstić information content (AvgIpc) is 2.52. The zero-order valence-corrected chi connectivity index (χ0v) is 14.1. The molecule has 0 saturated carbocycles. The third kappa shape index (κ3) is 4.37. The Morgan fingerprint density at radius 2 is 1.86 bits per heavy atom. The molecule has 1 aliphatic rings. The van der Waals surface area contributed by atoms with Crippen LogP contribution in [-0.4, -0.2) is 44.7 Å². The summed E-state index contributed by atoms with van der Waals surface area (Å²) in [6, 6.07) is 6.60. The highest BCUT2D eigenvalue weighted by Crippen LogP contribution is 2.26. The number of methoxy groups -OCH3 is 1. The maximum Gasteiger partial charge on any atom is 0.122 e. The molecule has 1 aliphatic heterocycles. The highest BCUT2D eigenvalue weighted by molar-refractivity contribution is 5.53. The molecule has 0 bridgehead atoms. The van der Waals surface area contributed by atoms with E-state index in [0.29, 0.717) is 0 Å². The zero-order valence-electron chi connectivity index (χ0n) is 14.1. The molecule has 0 N–H and O–H groups in total. The Bertz CT molecular complexity index is 437. The molecule has 0 aliphatic carbocycles. The highest BCUT2D eigenvalue weighted by atomic mass is 16.5. The van der Waals surface area contributed by atoms with E-state index in [1.165, 1.54) is 37.3 Å². The average molecular weight is 290 g/mol.